The molecule has 4 heteroatoms. The molecule has 2 saturated carbocycles. The highest BCUT2D eigenvalue weighted by molar-refractivity contribution is 6.03. The molecule has 0 aromatic heterocycles. The number of aliphatic hydroxyl groups is 1. The van der Waals surface area contributed by atoms with Gasteiger partial charge in [-0.15, -0.1) is 0 Å². The van der Waals surface area contributed by atoms with Gasteiger partial charge in [-0.25, -0.2) is 0 Å². The van der Waals surface area contributed by atoms with Gasteiger partial charge in [0.1, 0.15) is 11.9 Å². The third-order valence-electron chi connectivity index (χ3n) is 3.68. The zero-order chi connectivity index (χ0) is 9.22. The summed E-state index contributed by atoms with van der Waals surface area (Å²) in [5.74, 6) is -0.158. The highest BCUT2D eigenvalue weighted by atomic mass is 16.6. The van der Waals surface area contributed by atoms with Gasteiger partial charge in [0.05, 0.1) is 17.9 Å². The lowest BCUT2D eigenvalue weighted by atomic mass is 9.89. The van der Waals surface area contributed by atoms with Crippen LogP contribution in [0.5, 0.6) is 0 Å². The zero-order valence-electron chi connectivity index (χ0n) is 7.03. The van der Waals surface area contributed by atoms with Gasteiger partial charge in [-0.1, -0.05) is 0 Å². The second-order valence-corrected chi connectivity index (χ2v) is 4.23. The average molecular weight is 182 g/mol. The van der Waals surface area contributed by atoms with E-state index in [0.717, 1.165) is 0 Å². The van der Waals surface area contributed by atoms with Crippen molar-refractivity contribution < 1.29 is 19.4 Å². The zero-order valence-corrected chi connectivity index (χ0v) is 7.03. The third kappa shape index (κ3) is 0.705. The Morgan fingerprint density at radius 1 is 1.46 bits per heavy atom. The van der Waals surface area contributed by atoms with Gasteiger partial charge in [0, 0.05) is 18.8 Å². The van der Waals surface area contributed by atoms with E-state index in [1.54, 1.807) is 0 Å². The Morgan fingerprint density at radius 3 is 2.77 bits per heavy atom. The van der Waals surface area contributed by atoms with Crippen LogP contribution in [0, 0.1) is 11.3 Å². The number of Topliss-reactive ketones (excluding diaryl/α,β-unsaturated/α-hetero) is 1. The number of carbonyl (C=O) groups is 2. The summed E-state index contributed by atoms with van der Waals surface area (Å²) in [4.78, 5) is 22.2. The number of aliphatic hydroxyl groups excluding tert-OH is 1. The van der Waals surface area contributed by atoms with Gasteiger partial charge in [-0.2, -0.15) is 0 Å². The molecule has 3 rings (SSSR count). The Hall–Kier alpha value is -0.900. The summed E-state index contributed by atoms with van der Waals surface area (Å²) in [7, 11) is 0. The van der Waals surface area contributed by atoms with Crippen molar-refractivity contribution in [2.75, 3.05) is 0 Å². The molecule has 0 aromatic rings. The summed E-state index contributed by atoms with van der Waals surface area (Å²) in [5.41, 5.74) is -0.586. The fourth-order valence-corrected chi connectivity index (χ4v) is 2.88. The Bertz CT molecular complexity index is 311. The molecule has 3 fully saturated rings. The molecular weight excluding hydrogens is 172 g/mol. The highest BCUT2D eigenvalue weighted by Gasteiger charge is 2.71. The molecule has 1 saturated heterocycles. The molecular formula is C9H10O4. The minimum atomic E-state index is -0.586. The summed E-state index contributed by atoms with van der Waals surface area (Å²) >= 11 is 0. The minimum Gasteiger partial charge on any atom is -0.462 e. The fraction of sp³-hybridized carbons (Fsp3) is 0.778. The Balaban J connectivity index is 1.97. The van der Waals surface area contributed by atoms with E-state index in [1.807, 2.05) is 0 Å². The maximum Gasteiger partial charge on any atom is 0.306 e. The maximum absolute atomic E-state index is 11.2. The normalized spacial score (nSPS) is 52.5. The number of hydrogen-bond donors (Lipinski definition) is 1. The SMILES string of the molecule is O=C1CC2[C@H](C[C@@H](O)C23CC3=O)O1. The molecule has 1 spiro atoms. The van der Waals surface area contributed by atoms with E-state index in [9.17, 15) is 14.7 Å². The van der Waals surface area contributed by atoms with Crippen LogP contribution in [-0.2, 0) is 14.3 Å². The van der Waals surface area contributed by atoms with Crippen molar-refractivity contribution in [1.82, 2.24) is 0 Å². The molecule has 4 nitrogen and oxygen atoms in total. The Kier molecular flexibility index (Phi) is 1.12. The van der Waals surface area contributed by atoms with Crippen LogP contribution in [0.3, 0.4) is 0 Å². The Labute approximate surface area is 74.9 Å². The van der Waals surface area contributed by atoms with Crippen LogP contribution in [0.4, 0.5) is 0 Å². The lowest BCUT2D eigenvalue weighted by molar-refractivity contribution is -0.141. The van der Waals surface area contributed by atoms with E-state index in [0.29, 0.717) is 19.3 Å². The first-order valence-corrected chi connectivity index (χ1v) is 4.55. The summed E-state index contributed by atoms with van der Waals surface area (Å²) in [6.07, 6.45) is 0.416. The molecule has 1 N–H and O–H groups in total. The van der Waals surface area contributed by atoms with Crippen LogP contribution in [0.1, 0.15) is 19.3 Å². The molecule has 0 amide bonds. The van der Waals surface area contributed by atoms with Crippen LogP contribution >= 0.6 is 0 Å². The van der Waals surface area contributed by atoms with E-state index >= 15 is 0 Å². The lowest BCUT2D eigenvalue weighted by Gasteiger charge is -2.13. The fourth-order valence-electron chi connectivity index (χ4n) is 2.88. The van der Waals surface area contributed by atoms with Crippen LogP contribution in [-0.4, -0.2) is 29.1 Å². The van der Waals surface area contributed by atoms with Crippen LogP contribution in [0.15, 0.2) is 0 Å². The van der Waals surface area contributed by atoms with Crippen molar-refractivity contribution in [3.63, 3.8) is 0 Å². The average Bonchev–Trinajstić information content (AvgIpc) is 2.50. The standard InChI is InChI=1S/C9H10O4/c10-6-2-5-4(1-8(12)13-5)9(6)3-7(9)11/h4-6,10H,1-3H2/t4?,5-,6+,9?/m0/s1. The molecule has 2 aliphatic carbocycles. The molecule has 0 bridgehead atoms. The van der Waals surface area contributed by atoms with Crippen LogP contribution < -0.4 is 0 Å². The first kappa shape index (κ1) is 7.50. The minimum absolute atomic E-state index is 0.0394. The summed E-state index contributed by atoms with van der Waals surface area (Å²) < 4.78 is 5.03. The van der Waals surface area contributed by atoms with E-state index in [4.69, 9.17) is 4.74 Å². The molecule has 1 heterocycles. The van der Waals surface area contributed by atoms with E-state index in [-0.39, 0.29) is 23.8 Å². The van der Waals surface area contributed by atoms with Gasteiger partial charge in [0.25, 0.3) is 0 Å². The summed E-state index contributed by atoms with van der Waals surface area (Å²) in [6.45, 7) is 0. The largest absolute Gasteiger partial charge is 0.462 e. The van der Waals surface area contributed by atoms with Crippen LogP contribution in [0.25, 0.3) is 0 Å². The predicted molar refractivity (Wildman–Crippen MR) is 40.7 cm³/mol. The predicted octanol–water partition coefficient (Wildman–Crippen LogP) is -0.358. The molecule has 1 aliphatic heterocycles. The topological polar surface area (TPSA) is 63.6 Å². The summed E-state index contributed by atoms with van der Waals surface area (Å²) in [6, 6.07) is 0. The van der Waals surface area contributed by atoms with Crippen molar-refractivity contribution in [1.29, 1.82) is 0 Å². The molecule has 4 atom stereocenters. The van der Waals surface area contributed by atoms with E-state index < -0.39 is 11.5 Å². The molecule has 70 valence electrons. The molecule has 3 aliphatic rings. The monoisotopic (exact) mass is 182 g/mol. The lowest BCUT2D eigenvalue weighted by Crippen LogP contribution is -2.24. The molecule has 0 radical (unpaired) electrons. The molecule has 2 unspecified atom stereocenters. The first-order valence-electron chi connectivity index (χ1n) is 4.55. The smallest absolute Gasteiger partial charge is 0.306 e. The number of fused-ring (bicyclic) bond motifs is 2. The van der Waals surface area contributed by atoms with Gasteiger partial charge in [-0.05, 0) is 0 Å². The first-order chi connectivity index (χ1) is 6.14. The van der Waals surface area contributed by atoms with Gasteiger partial charge in [0.2, 0.25) is 0 Å². The molecule has 13 heavy (non-hydrogen) atoms. The van der Waals surface area contributed by atoms with Gasteiger partial charge in [-0.3, -0.25) is 9.59 Å². The number of ether oxygens (including phenoxy) is 1. The highest BCUT2D eigenvalue weighted by Crippen LogP contribution is 2.61. The second kappa shape index (κ2) is 1.95. The quantitative estimate of drug-likeness (QED) is 0.520. The number of carbonyl (C=O) groups excluding carboxylic acids is 2. The van der Waals surface area contributed by atoms with Gasteiger partial charge < -0.3 is 9.84 Å². The molecule has 0 aromatic carbocycles. The second-order valence-electron chi connectivity index (χ2n) is 4.23. The maximum atomic E-state index is 11.2. The number of ketones is 1. The number of rotatable bonds is 0. The van der Waals surface area contributed by atoms with Gasteiger partial charge in [0.15, 0.2) is 0 Å². The van der Waals surface area contributed by atoms with Crippen molar-refractivity contribution in [2.24, 2.45) is 11.3 Å². The number of esters is 1. The van der Waals surface area contributed by atoms with Gasteiger partial charge >= 0.3 is 5.97 Å². The van der Waals surface area contributed by atoms with Crippen molar-refractivity contribution >= 4 is 11.8 Å². The van der Waals surface area contributed by atoms with Crippen LogP contribution in [0.2, 0.25) is 0 Å². The van der Waals surface area contributed by atoms with Crippen molar-refractivity contribution in [3.05, 3.63) is 0 Å². The van der Waals surface area contributed by atoms with E-state index in [2.05, 4.69) is 0 Å². The number of hydrogen-bond acceptors (Lipinski definition) is 4. The van der Waals surface area contributed by atoms with E-state index in [1.165, 1.54) is 0 Å². The Morgan fingerprint density at radius 2 is 2.15 bits per heavy atom. The summed E-state index contributed by atoms with van der Waals surface area (Å²) in [5, 5.41) is 9.67. The van der Waals surface area contributed by atoms with Crippen molar-refractivity contribution in [2.45, 2.75) is 31.5 Å². The van der Waals surface area contributed by atoms with Crippen molar-refractivity contribution in [3.8, 4) is 0 Å². The third-order valence-corrected chi connectivity index (χ3v) is 3.68.